The monoisotopic (exact) mass is 426 g/mol. The molecule has 3 aromatic carbocycles. The van der Waals surface area contributed by atoms with Gasteiger partial charge in [-0.3, -0.25) is 10.1 Å². The van der Waals surface area contributed by atoms with Crippen LogP contribution < -0.4 is 14.8 Å². The molecule has 156 valence electrons. The number of hydrogen-bond acceptors (Lipinski definition) is 5. The Labute approximate surface area is 180 Å². The highest BCUT2D eigenvalue weighted by molar-refractivity contribution is 6.31. The Morgan fingerprint density at radius 1 is 1.00 bits per heavy atom. The molecule has 0 heterocycles. The molecule has 30 heavy (non-hydrogen) atoms. The summed E-state index contributed by atoms with van der Waals surface area (Å²) >= 11 is 6.44. The molecule has 6 nitrogen and oxygen atoms in total. The maximum absolute atomic E-state index is 10.7. The molecule has 0 atom stereocenters. The Bertz CT molecular complexity index is 978. The van der Waals surface area contributed by atoms with Gasteiger partial charge >= 0.3 is 0 Å². The van der Waals surface area contributed by atoms with Crippen molar-refractivity contribution in [3.63, 3.8) is 0 Å². The third-order valence-electron chi connectivity index (χ3n) is 4.62. The molecule has 0 aliphatic heterocycles. The van der Waals surface area contributed by atoms with Crippen molar-refractivity contribution in [1.29, 1.82) is 0 Å². The van der Waals surface area contributed by atoms with Crippen LogP contribution in [0.1, 0.15) is 16.7 Å². The van der Waals surface area contributed by atoms with Crippen molar-refractivity contribution in [3.05, 3.63) is 98.6 Å². The van der Waals surface area contributed by atoms with Crippen molar-refractivity contribution in [2.75, 3.05) is 13.7 Å². The number of benzene rings is 3. The van der Waals surface area contributed by atoms with E-state index in [0.717, 1.165) is 24.1 Å². The zero-order chi connectivity index (χ0) is 21.3. The number of ether oxygens (including phenoxy) is 2. The van der Waals surface area contributed by atoms with E-state index in [4.69, 9.17) is 21.1 Å². The van der Waals surface area contributed by atoms with Crippen LogP contribution in [0.5, 0.6) is 11.5 Å². The predicted octanol–water partition coefficient (Wildman–Crippen LogP) is 5.17. The van der Waals surface area contributed by atoms with Crippen LogP contribution in [0.15, 0.2) is 66.7 Å². The first kappa shape index (κ1) is 21.6. The normalized spacial score (nSPS) is 10.6. The molecule has 0 radical (unpaired) electrons. The van der Waals surface area contributed by atoms with Gasteiger partial charge in [-0.1, -0.05) is 41.9 Å². The Balaban J connectivity index is 1.58. The number of nitro benzene ring substituents is 1. The number of nitro groups is 1. The first-order valence-corrected chi connectivity index (χ1v) is 9.92. The lowest BCUT2D eigenvalue weighted by atomic mass is 10.1. The average molecular weight is 427 g/mol. The van der Waals surface area contributed by atoms with Crippen LogP contribution >= 0.6 is 11.6 Å². The van der Waals surface area contributed by atoms with Gasteiger partial charge in [0.05, 0.1) is 12.0 Å². The molecule has 0 aliphatic rings. The maximum Gasteiger partial charge on any atom is 0.269 e. The molecule has 7 heteroatoms. The maximum atomic E-state index is 10.7. The van der Waals surface area contributed by atoms with Gasteiger partial charge in [0, 0.05) is 29.8 Å². The first-order valence-electron chi connectivity index (χ1n) is 9.54. The largest absolute Gasteiger partial charge is 0.493 e. The van der Waals surface area contributed by atoms with Crippen molar-refractivity contribution < 1.29 is 14.4 Å². The second-order valence-corrected chi connectivity index (χ2v) is 7.13. The lowest BCUT2D eigenvalue weighted by Crippen LogP contribution is -2.17. The van der Waals surface area contributed by atoms with E-state index in [1.807, 2.05) is 24.3 Å². The number of nitrogens with zero attached hydrogens (tertiary/aromatic N) is 1. The topological polar surface area (TPSA) is 73.6 Å². The summed E-state index contributed by atoms with van der Waals surface area (Å²) in [6.07, 6.45) is 0.937. The van der Waals surface area contributed by atoms with Gasteiger partial charge in [0.2, 0.25) is 0 Å². The molecule has 3 aromatic rings. The molecule has 0 unspecified atom stereocenters. The SMILES string of the molecule is COc1cc(CNCCc2ccccc2)c(Cl)cc1OCc1ccc([N+](=O)[O-])cc1. The van der Waals surface area contributed by atoms with E-state index in [2.05, 4.69) is 17.4 Å². The minimum Gasteiger partial charge on any atom is -0.493 e. The number of rotatable bonds is 10. The molecular weight excluding hydrogens is 404 g/mol. The van der Waals surface area contributed by atoms with Gasteiger partial charge in [-0.15, -0.1) is 0 Å². The highest BCUT2D eigenvalue weighted by Gasteiger charge is 2.11. The fraction of sp³-hybridized carbons (Fsp3) is 0.217. The highest BCUT2D eigenvalue weighted by atomic mass is 35.5. The summed E-state index contributed by atoms with van der Waals surface area (Å²) in [6, 6.07) is 20.1. The number of methoxy groups -OCH3 is 1. The molecule has 0 bridgehead atoms. The minimum absolute atomic E-state index is 0.0449. The molecule has 0 saturated carbocycles. The zero-order valence-electron chi connectivity index (χ0n) is 16.6. The van der Waals surface area contributed by atoms with Crippen LogP contribution in [-0.2, 0) is 19.6 Å². The molecule has 1 N–H and O–H groups in total. The molecule has 0 saturated heterocycles. The zero-order valence-corrected chi connectivity index (χ0v) is 17.4. The van der Waals surface area contributed by atoms with E-state index in [0.29, 0.717) is 23.1 Å². The molecular formula is C23H23ClN2O4. The van der Waals surface area contributed by atoms with Crippen molar-refractivity contribution in [1.82, 2.24) is 5.32 Å². The third-order valence-corrected chi connectivity index (χ3v) is 4.97. The van der Waals surface area contributed by atoms with Crippen LogP contribution in [-0.4, -0.2) is 18.6 Å². The highest BCUT2D eigenvalue weighted by Crippen LogP contribution is 2.34. The minimum atomic E-state index is -0.431. The van der Waals surface area contributed by atoms with E-state index in [-0.39, 0.29) is 12.3 Å². The van der Waals surface area contributed by atoms with Gasteiger partial charge in [-0.25, -0.2) is 0 Å². The fourth-order valence-corrected chi connectivity index (χ4v) is 3.18. The Morgan fingerprint density at radius 2 is 1.73 bits per heavy atom. The molecule has 0 spiro atoms. The van der Waals surface area contributed by atoms with Gasteiger partial charge in [-0.2, -0.15) is 0 Å². The second-order valence-electron chi connectivity index (χ2n) is 6.72. The van der Waals surface area contributed by atoms with Crippen molar-refractivity contribution in [2.45, 2.75) is 19.6 Å². The van der Waals surface area contributed by atoms with Crippen LogP contribution in [0.2, 0.25) is 5.02 Å². The Morgan fingerprint density at radius 3 is 2.40 bits per heavy atom. The van der Waals surface area contributed by atoms with Gasteiger partial charge < -0.3 is 14.8 Å². The number of non-ortho nitro benzene ring substituents is 1. The van der Waals surface area contributed by atoms with Gasteiger partial charge in [0.1, 0.15) is 6.61 Å². The van der Waals surface area contributed by atoms with Crippen LogP contribution in [0.25, 0.3) is 0 Å². The van der Waals surface area contributed by atoms with E-state index in [1.54, 1.807) is 25.3 Å². The number of nitrogens with one attached hydrogen (secondary N) is 1. The van der Waals surface area contributed by atoms with Crippen molar-refractivity contribution in [3.8, 4) is 11.5 Å². The van der Waals surface area contributed by atoms with Crippen LogP contribution in [0.4, 0.5) is 5.69 Å². The summed E-state index contributed by atoms with van der Waals surface area (Å²) < 4.78 is 11.3. The number of halogens is 1. The number of hydrogen-bond donors (Lipinski definition) is 1. The Hall–Kier alpha value is -3.09. The van der Waals surface area contributed by atoms with Crippen LogP contribution in [0.3, 0.4) is 0 Å². The van der Waals surface area contributed by atoms with Gasteiger partial charge in [0.25, 0.3) is 5.69 Å². The van der Waals surface area contributed by atoms with Crippen LogP contribution in [0, 0.1) is 10.1 Å². The molecule has 0 aliphatic carbocycles. The summed E-state index contributed by atoms with van der Waals surface area (Å²) in [5.74, 6) is 1.11. The Kier molecular flexibility index (Phi) is 7.65. The first-order chi connectivity index (χ1) is 14.6. The van der Waals surface area contributed by atoms with Crippen molar-refractivity contribution in [2.24, 2.45) is 0 Å². The summed E-state index contributed by atoms with van der Waals surface area (Å²) in [5.41, 5.74) is 3.06. The molecule has 0 aromatic heterocycles. The predicted molar refractivity (Wildman–Crippen MR) is 117 cm³/mol. The standard InChI is InChI=1S/C23H23ClN2O4/c1-29-22-13-19(15-25-12-11-17-5-3-2-4-6-17)21(24)14-23(22)30-16-18-7-9-20(10-8-18)26(27)28/h2-10,13-14,25H,11-12,15-16H2,1H3. The van der Waals surface area contributed by atoms with Gasteiger partial charge in [-0.05, 0) is 47.9 Å². The van der Waals surface area contributed by atoms with E-state index in [9.17, 15) is 10.1 Å². The van der Waals surface area contributed by atoms with E-state index in [1.165, 1.54) is 17.7 Å². The summed E-state index contributed by atoms with van der Waals surface area (Å²) in [6.45, 7) is 1.70. The third kappa shape index (κ3) is 5.95. The quantitative estimate of drug-likeness (QED) is 0.275. The smallest absolute Gasteiger partial charge is 0.269 e. The average Bonchev–Trinajstić information content (AvgIpc) is 2.77. The van der Waals surface area contributed by atoms with E-state index < -0.39 is 4.92 Å². The van der Waals surface area contributed by atoms with Crippen molar-refractivity contribution >= 4 is 17.3 Å². The summed E-state index contributed by atoms with van der Waals surface area (Å²) in [5, 5.41) is 14.7. The molecule has 0 fully saturated rings. The fourth-order valence-electron chi connectivity index (χ4n) is 2.96. The molecule has 3 rings (SSSR count). The lowest BCUT2D eigenvalue weighted by Gasteiger charge is -2.14. The summed E-state index contributed by atoms with van der Waals surface area (Å²) in [7, 11) is 1.58. The second kappa shape index (κ2) is 10.6. The molecule has 0 amide bonds. The summed E-state index contributed by atoms with van der Waals surface area (Å²) in [4.78, 5) is 10.3. The lowest BCUT2D eigenvalue weighted by molar-refractivity contribution is -0.384. The van der Waals surface area contributed by atoms with E-state index >= 15 is 0 Å². The van der Waals surface area contributed by atoms with Gasteiger partial charge in [0.15, 0.2) is 11.5 Å².